The van der Waals surface area contributed by atoms with Crippen molar-refractivity contribution in [3.8, 4) is 0 Å². The minimum atomic E-state index is -0.0447. The first-order valence-electron chi connectivity index (χ1n) is 5.86. The second-order valence-electron chi connectivity index (χ2n) is 3.96. The molecular weight excluding hydrogens is 228 g/mol. The van der Waals surface area contributed by atoms with Crippen LogP contribution in [-0.2, 0) is 4.79 Å². The van der Waals surface area contributed by atoms with Crippen LogP contribution in [0.15, 0.2) is 30.3 Å². The number of aromatic nitrogens is 1. The number of likely N-dealkylation sites (N-methyl/N-ethyl adjacent to an activating group) is 1. The van der Waals surface area contributed by atoms with Crippen molar-refractivity contribution in [2.75, 3.05) is 24.1 Å². The predicted molar refractivity (Wildman–Crippen MR) is 73.3 cm³/mol. The Bertz CT molecular complexity index is 568. The van der Waals surface area contributed by atoms with Crippen molar-refractivity contribution < 1.29 is 4.79 Å². The van der Waals surface area contributed by atoms with E-state index in [1.165, 1.54) is 0 Å². The molecule has 1 aromatic carbocycles. The van der Waals surface area contributed by atoms with E-state index < -0.39 is 0 Å². The fourth-order valence-corrected chi connectivity index (χ4v) is 1.67. The van der Waals surface area contributed by atoms with Crippen molar-refractivity contribution in [1.82, 2.24) is 10.3 Å². The highest BCUT2D eigenvalue weighted by Crippen LogP contribution is 2.17. The number of nitrogens with one attached hydrogen (secondary N) is 2. The summed E-state index contributed by atoms with van der Waals surface area (Å²) in [6.07, 6.45) is 0. The van der Waals surface area contributed by atoms with Crippen LogP contribution in [0.3, 0.4) is 0 Å². The Balaban J connectivity index is 2.10. The molecule has 0 unspecified atom stereocenters. The minimum Gasteiger partial charge on any atom is -0.399 e. The third kappa shape index (κ3) is 2.88. The van der Waals surface area contributed by atoms with Gasteiger partial charge in [-0.25, -0.2) is 4.98 Å². The number of nitrogens with zero attached hydrogens (tertiary/aromatic N) is 1. The number of fused-ring (bicyclic) bond motifs is 1. The second-order valence-corrected chi connectivity index (χ2v) is 3.96. The van der Waals surface area contributed by atoms with E-state index in [9.17, 15) is 4.79 Å². The maximum atomic E-state index is 11.3. The lowest BCUT2D eigenvalue weighted by atomic mass is 10.2. The van der Waals surface area contributed by atoms with Crippen LogP contribution in [0.5, 0.6) is 0 Å². The van der Waals surface area contributed by atoms with E-state index in [1.807, 2.05) is 37.3 Å². The number of nitrogen functional groups attached to an aromatic ring is 1. The first-order chi connectivity index (χ1) is 8.69. The molecule has 1 aromatic heterocycles. The molecule has 0 saturated carbocycles. The van der Waals surface area contributed by atoms with Crippen LogP contribution in [0, 0.1) is 0 Å². The van der Waals surface area contributed by atoms with E-state index in [2.05, 4.69) is 15.6 Å². The number of nitrogens with two attached hydrogens (primary N) is 1. The van der Waals surface area contributed by atoms with Gasteiger partial charge in [-0.15, -0.1) is 0 Å². The molecule has 2 rings (SSSR count). The summed E-state index contributed by atoms with van der Waals surface area (Å²) in [6.45, 7) is 2.74. The lowest BCUT2D eigenvalue weighted by Gasteiger charge is -2.07. The Labute approximate surface area is 105 Å². The van der Waals surface area contributed by atoms with Gasteiger partial charge in [-0.2, -0.15) is 0 Å². The molecule has 18 heavy (non-hydrogen) atoms. The van der Waals surface area contributed by atoms with E-state index in [0.29, 0.717) is 18.1 Å². The third-order valence-electron chi connectivity index (χ3n) is 2.52. The van der Waals surface area contributed by atoms with Crippen molar-refractivity contribution in [2.45, 2.75) is 6.92 Å². The quantitative estimate of drug-likeness (QED) is 0.709. The number of carbonyl (C=O) groups is 1. The van der Waals surface area contributed by atoms with Crippen LogP contribution in [0.4, 0.5) is 11.5 Å². The molecule has 0 saturated heterocycles. The standard InChI is InChI=1S/C13H16N4O/c1-2-15-13(18)8-16-12-6-3-9-7-10(14)4-5-11(9)17-12/h3-7H,2,8,14H2,1H3,(H,15,18)(H,16,17). The Morgan fingerprint density at radius 1 is 1.33 bits per heavy atom. The molecule has 0 bridgehead atoms. The molecule has 0 aliphatic carbocycles. The average Bonchev–Trinajstić information content (AvgIpc) is 2.36. The zero-order valence-electron chi connectivity index (χ0n) is 10.2. The van der Waals surface area contributed by atoms with Gasteiger partial charge in [0.1, 0.15) is 5.82 Å². The average molecular weight is 244 g/mol. The van der Waals surface area contributed by atoms with E-state index in [0.717, 1.165) is 10.9 Å². The van der Waals surface area contributed by atoms with Gasteiger partial charge in [-0.1, -0.05) is 0 Å². The lowest BCUT2D eigenvalue weighted by molar-refractivity contribution is -0.119. The number of hydrogen-bond donors (Lipinski definition) is 3. The number of benzene rings is 1. The Kier molecular flexibility index (Phi) is 3.62. The molecule has 1 amide bonds. The molecule has 0 aliphatic heterocycles. The van der Waals surface area contributed by atoms with Gasteiger partial charge >= 0.3 is 0 Å². The van der Waals surface area contributed by atoms with E-state index >= 15 is 0 Å². The van der Waals surface area contributed by atoms with Gasteiger partial charge in [0.25, 0.3) is 0 Å². The molecular formula is C13H16N4O. The van der Waals surface area contributed by atoms with Gasteiger partial charge in [0.15, 0.2) is 0 Å². The van der Waals surface area contributed by atoms with Gasteiger partial charge in [-0.3, -0.25) is 4.79 Å². The van der Waals surface area contributed by atoms with Crippen LogP contribution in [0.25, 0.3) is 10.9 Å². The summed E-state index contributed by atoms with van der Waals surface area (Å²) in [6, 6.07) is 9.31. The number of amides is 1. The molecule has 0 fully saturated rings. The fraction of sp³-hybridized carbons (Fsp3) is 0.231. The van der Waals surface area contributed by atoms with Crippen LogP contribution < -0.4 is 16.4 Å². The molecule has 0 atom stereocenters. The third-order valence-corrected chi connectivity index (χ3v) is 2.52. The molecule has 0 radical (unpaired) electrons. The van der Waals surface area contributed by atoms with Crippen molar-refractivity contribution in [3.63, 3.8) is 0 Å². The molecule has 0 aliphatic rings. The maximum absolute atomic E-state index is 11.3. The highest BCUT2D eigenvalue weighted by molar-refractivity contribution is 5.84. The number of hydrogen-bond acceptors (Lipinski definition) is 4. The minimum absolute atomic E-state index is 0.0447. The van der Waals surface area contributed by atoms with Crippen LogP contribution in [-0.4, -0.2) is 24.0 Å². The zero-order valence-corrected chi connectivity index (χ0v) is 10.2. The fourth-order valence-electron chi connectivity index (χ4n) is 1.67. The normalized spacial score (nSPS) is 10.3. The summed E-state index contributed by atoms with van der Waals surface area (Å²) in [5.41, 5.74) is 7.26. The summed E-state index contributed by atoms with van der Waals surface area (Å²) >= 11 is 0. The number of carbonyl (C=O) groups excluding carboxylic acids is 1. The molecule has 0 spiro atoms. The van der Waals surface area contributed by atoms with Crippen molar-refractivity contribution >= 4 is 28.3 Å². The summed E-state index contributed by atoms with van der Waals surface area (Å²) in [4.78, 5) is 15.7. The number of rotatable bonds is 4. The summed E-state index contributed by atoms with van der Waals surface area (Å²) in [5.74, 6) is 0.634. The van der Waals surface area contributed by atoms with E-state index in [-0.39, 0.29) is 12.5 Å². The largest absolute Gasteiger partial charge is 0.399 e. The molecule has 1 heterocycles. The Morgan fingerprint density at radius 2 is 2.17 bits per heavy atom. The molecule has 2 aromatic rings. The first kappa shape index (κ1) is 12.2. The highest BCUT2D eigenvalue weighted by atomic mass is 16.1. The van der Waals surface area contributed by atoms with Crippen LogP contribution in [0.2, 0.25) is 0 Å². The van der Waals surface area contributed by atoms with Gasteiger partial charge in [0.2, 0.25) is 5.91 Å². The maximum Gasteiger partial charge on any atom is 0.239 e. The van der Waals surface area contributed by atoms with Gasteiger partial charge in [0, 0.05) is 17.6 Å². The van der Waals surface area contributed by atoms with Crippen molar-refractivity contribution in [2.24, 2.45) is 0 Å². The highest BCUT2D eigenvalue weighted by Gasteiger charge is 2.01. The second kappa shape index (κ2) is 5.35. The first-order valence-corrected chi connectivity index (χ1v) is 5.86. The lowest BCUT2D eigenvalue weighted by Crippen LogP contribution is -2.29. The van der Waals surface area contributed by atoms with Gasteiger partial charge in [0.05, 0.1) is 12.1 Å². The topological polar surface area (TPSA) is 80.0 Å². The predicted octanol–water partition coefficient (Wildman–Crippen LogP) is 1.36. The number of anilines is 2. The summed E-state index contributed by atoms with van der Waals surface area (Å²) < 4.78 is 0. The van der Waals surface area contributed by atoms with Gasteiger partial charge in [-0.05, 0) is 37.3 Å². The Morgan fingerprint density at radius 3 is 2.94 bits per heavy atom. The van der Waals surface area contributed by atoms with Crippen LogP contribution >= 0.6 is 0 Å². The number of pyridine rings is 1. The molecule has 4 N–H and O–H groups in total. The summed E-state index contributed by atoms with van der Waals surface area (Å²) in [7, 11) is 0. The van der Waals surface area contributed by atoms with Gasteiger partial charge < -0.3 is 16.4 Å². The van der Waals surface area contributed by atoms with Crippen molar-refractivity contribution in [3.05, 3.63) is 30.3 Å². The smallest absolute Gasteiger partial charge is 0.239 e. The SMILES string of the molecule is CCNC(=O)CNc1ccc2cc(N)ccc2n1. The van der Waals surface area contributed by atoms with E-state index in [4.69, 9.17) is 5.73 Å². The Hall–Kier alpha value is -2.30. The molecule has 94 valence electrons. The monoisotopic (exact) mass is 244 g/mol. The van der Waals surface area contributed by atoms with Crippen LogP contribution in [0.1, 0.15) is 6.92 Å². The zero-order chi connectivity index (χ0) is 13.0. The van der Waals surface area contributed by atoms with Crippen molar-refractivity contribution in [1.29, 1.82) is 0 Å². The summed E-state index contributed by atoms with van der Waals surface area (Å²) in [5, 5.41) is 6.68. The molecule has 5 nitrogen and oxygen atoms in total. The van der Waals surface area contributed by atoms with E-state index in [1.54, 1.807) is 0 Å². The molecule has 5 heteroatoms.